The molecule has 6 heteroatoms. The maximum Gasteiger partial charge on any atom is 0.246 e. The van der Waals surface area contributed by atoms with E-state index >= 15 is 0 Å². The third-order valence-corrected chi connectivity index (χ3v) is 5.01. The lowest BCUT2D eigenvalue weighted by Gasteiger charge is -2.09. The molecule has 1 aromatic heterocycles. The first kappa shape index (κ1) is 24.0. The average Bonchev–Trinajstić information content (AvgIpc) is 3.23. The van der Waals surface area contributed by atoms with Crippen LogP contribution in [0, 0.1) is 17.8 Å². The van der Waals surface area contributed by atoms with E-state index in [1.54, 1.807) is 6.20 Å². The smallest absolute Gasteiger partial charge is 0.246 e. The molecule has 0 unspecified atom stereocenters. The summed E-state index contributed by atoms with van der Waals surface area (Å²) in [5.74, 6) is 6.60. The van der Waals surface area contributed by atoms with Gasteiger partial charge in [0.1, 0.15) is 6.54 Å². The van der Waals surface area contributed by atoms with E-state index in [4.69, 9.17) is 0 Å². The third kappa shape index (κ3) is 7.44. The van der Waals surface area contributed by atoms with E-state index < -0.39 is 0 Å². The lowest BCUT2D eigenvalue weighted by molar-refractivity contribution is -0.116. The predicted octanol–water partition coefficient (Wildman–Crippen LogP) is 4.48. The second-order valence-corrected chi connectivity index (χ2v) is 8.58. The zero-order valence-corrected chi connectivity index (χ0v) is 19.7. The van der Waals surface area contributed by atoms with Crippen LogP contribution in [0.2, 0.25) is 0 Å². The van der Waals surface area contributed by atoms with Crippen molar-refractivity contribution in [1.82, 2.24) is 20.3 Å². The summed E-state index contributed by atoms with van der Waals surface area (Å²) < 4.78 is 1.54. The van der Waals surface area contributed by atoms with Gasteiger partial charge in [-0.15, -0.1) is 5.10 Å². The minimum absolute atomic E-state index is 0.0944. The third-order valence-electron chi connectivity index (χ3n) is 5.01. The van der Waals surface area contributed by atoms with Crippen molar-refractivity contribution in [1.29, 1.82) is 0 Å². The van der Waals surface area contributed by atoms with Gasteiger partial charge in [0.2, 0.25) is 5.91 Å². The first-order valence-electron chi connectivity index (χ1n) is 11.1. The molecule has 0 radical (unpaired) electrons. The number of nitrogens with zero attached hydrogens (tertiary/aromatic N) is 3. The minimum Gasteiger partial charge on any atom is -0.324 e. The van der Waals surface area contributed by atoms with Gasteiger partial charge in [-0.1, -0.05) is 69.5 Å². The van der Waals surface area contributed by atoms with E-state index in [1.807, 2.05) is 36.4 Å². The fourth-order valence-corrected chi connectivity index (χ4v) is 3.10. The molecule has 170 valence electrons. The van der Waals surface area contributed by atoms with Crippen molar-refractivity contribution >= 4 is 17.2 Å². The number of anilines is 1. The number of nitrogens with one attached hydrogen (secondary N) is 2. The second kappa shape index (κ2) is 11.3. The second-order valence-electron chi connectivity index (χ2n) is 8.58. The molecule has 0 spiro atoms. The molecule has 1 heterocycles. The van der Waals surface area contributed by atoms with Gasteiger partial charge in [-0.05, 0) is 47.4 Å². The number of carbonyl (C=O) groups is 1. The number of aromatic nitrogens is 3. The normalized spacial score (nSPS) is 10.7. The van der Waals surface area contributed by atoms with Crippen molar-refractivity contribution in [2.75, 3.05) is 5.32 Å². The van der Waals surface area contributed by atoms with Crippen LogP contribution >= 0.6 is 0 Å². The van der Waals surface area contributed by atoms with Gasteiger partial charge in [-0.2, -0.15) is 0 Å². The molecule has 1 amide bonds. The van der Waals surface area contributed by atoms with Gasteiger partial charge < -0.3 is 10.6 Å². The van der Waals surface area contributed by atoms with Crippen LogP contribution in [-0.2, 0) is 17.9 Å². The lowest BCUT2D eigenvalue weighted by atomic mass is 9.96. The summed E-state index contributed by atoms with van der Waals surface area (Å²) in [6, 6.07) is 16.0. The number of benzene rings is 2. The first-order chi connectivity index (χ1) is 15.8. The summed E-state index contributed by atoms with van der Waals surface area (Å²) in [7, 11) is 0. The number of carbonyl (C=O) groups excluding carboxylic acids is 1. The summed E-state index contributed by atoms with van der Waals surface area (Å²) in [5, 5.41) is 14.3. The maximum absolute atomic E-state index is 12.4. The zero-order valence-electron chi connectivity index (χ0n) is 19.7. The van der Waals surface area contributed by atoms with Crippen LogP contribution in [0.1, 0.15) is 50.1 Å². The fraction of sp³-hybridized carbons (Fsp3) is 0.296. The number of amides is 1. The highest BCUT2D eigenvalue weighted by molar-refractivity contribution is 5.90. The Morgan fingerprint density at radius 3 is 2.45 bits per heavy atom. The molecule has 33 heavy (non-hydrogen) atoms. The van der Waals surface area contributed by atoms with Crippen molar-refractivity contribution in [3.63, 3.8) is 0 Å². The van der Waals surface area contributed by atoms with Gasteiger partial charge >= 0.3 is 0 Å². The van der Waals surface area contributed by atoms with Gasteiger partial charge in [0.25, 0.3) is 0 Å². The molecule has 3 rings (SSSR count). The van der Waals surface area contributed by atoms with E-state index in [-0.39, 0.29) is 12.5 Å². The maximum atomic E-state index is 12.4. The summed E-state index contributed by atoms with van der Waals surface area (Å²) in [4.78, 5) is 12.4. The Hall–Kier alpha value is -3.69. The number of rotatable bonds is 8. The van der Waals surface area contributed by atoms with Crippen molar-refractivity contribution in [2.45, 2.75) is 46.8 Å². The highest BCUT2D eigenvalue weighted by Crippen LogP contribution is 2.21. The standard InChI is InChI=1S/C27H31N5O/c1-19(2)21(5)24-10-6-8-22(14-24)12-13-23-9-7-11-25(15-23)29-27(33)18-32-17-26(30-31-32)16-28-20(3)4/h6-11,14-15,17,19-20,28H,5,16,18H2,1-4H3,(H,29,33). The monoisotopic (exact) mass is 441 g/mol. The van der Waals surface area contributed by atoms with Crippen LogP contribution in [0.15, 0.2) is 61.3 Å². The lowest BCUT2D eigenvalue weighted by Crippen LogP contribution is -2.22. The van der Waals surface area contributed by atoms with Crippen LogP contribution in [0.3, 0.4) is 0 Å². The van der Waals surface area contributed by atoms with Crippen LogP contribution in [-0.4, -0.2) is 26.9 Å². The molecular weight excluding hydrogens is 410 g/mol. The van der Waals surface area contributed by atoms with E-state index in [2.05, 4.69) is 79.2 Å². The molecule has 2 N–H and O–H groups in total. The highest BCUT2D eigenvalue weighted by atomic mass is 16.2. The fourth-order valence-electron chi connectivity index (χ4n) is 3.10. The molecule has 0 saturated heterocycles. The first-order valence-corrected chi connectivity index (χ1v) is 11.1. The van der Waals surface area contributed by atoms with Gasteiger partial charge in [-0.3, -0.25) is 4.79 Å². The van der Waals surface area contributed by atoms with E-state index in [9.17, 15) is 4.79 Å². The molecule has 0 saturated carbocycles. The highest BCUT2D eigenvalue weighted by Gasteiger charge is 2.08. The Kier molecular flexibility index (Phi) is 8.17. The summed E-state index contributed by atoms with van der Waals surface area (Å²) in [6.07, 6.45) is 1.78. The Bertz CT molecular complexity index is 1180. The van der Waals surface area contributed by atoms with E-state index in [0.29, 0.717) is 24.2 Å². The molecule has 0 aliphatic heterocycles. The molecule has 0 aliphatic carbocycles. The molecule has 0 atom stereocenters. The van der Waals surface area contributed by atoms with Gasteiger partial charge in [0, 0.05) is 29.4 Å². The average molecular weight is 442 g/mol. The molecule has 0 aliphatic rings. The number of hydrogen-bond acceptors (Lipinski definition) is 4. The van der Waals surface area contributed by atoms with Crippen LogP contribution < -0.4 is 10.6 Å². The van der Waals surface area contributed by atoms with E-state index in [0.717, 1.165) is 28.0 Å². The molecule has 0 fully saturated rings. The Morgan fingerprint density at radius 2 is 1.76 bits per heavy atom. The Labute approximate surface area is 196 Å². The van der Waals surface area contributed by atoms with Gasteiger partial charge in [0.05, 0.1) is 11.9 Å². The van der Waals surface area contributed by atoms with Crippen LogP contribution in [0.5, 0.6) is 0 Å². The Morgan fingerprint density at radius 1 is 1.06 bits per heavy atom. The van der Waals surface area contributed by atoms with Crippen molar-refractivity contribution in [3.05, 3.63) is 83.7 Å². The summed E-state index contributed by atoms with van der Waals surface area (Å²) >= 11 is 0. The molecule has 2 aromatic carbocycles. The zero-order chi connectivity index (χ0) is 23.8. The SMILES string of the molecule is C=C(c1cccc(C#Cc2cccc(NC(=O)Cn3cc(CNC(C)C)nn3)c2)c1)C(C)C. The topological polar surface area (TPSA) is 71.8 Å². The molecule has 6 nitrogen and oxygen atoms in total. The van der Waals surface area contributed by atoms with Crippen molar-refractivity contribution < 1.29 is 4.79 Å². The molecule has 3 aromatic rings. The van der Waals surface area contributed by atoms with Gasteiger partial charge in [0.15, 0.2) is 0 Å². The van der Waals surface area contributed by atoms with Crippen molar-refractivity contribution in [2.24, 2.45) is 5.92 Å². The molecule has 0 bridgehead atoms. The summed E-state index contributed by atoms with van der Waals surface area (Å²) in [5.41, 5.74) is 5.44. The Balaban J connectivity index is 1.62. The minimum atomic E-state index is -0.173. The summed E-state index contributed by atoms with van der Waals surface area (Å²) in [6.45, 7) is 13.3. The number of hydrogen-bond donors (Lipinski definition) is 2. The molecular formula is C27H31N5O. The van der Waals surface area contributed by atoms with E-state index in [1.165, 1.54) is 4.68 Å². The number of allylic oxidation sites excluding steroid dienone is 1. The van der Waals surface area contributed by atoms with Crippen LogP contribution in [0.4, 0.5) is 5.69 Å². The van der Waals surface area contributed by atoms with Crippen molar-refractivity contribution in [3.8, 4) is 11.8 Å². The van der Waals surface area contributed by atoms with Gasteiger partial charge in [-0.25, -0.2) is 4.68 Å². The van der Waals surface area contributed by atoms with Crippen LogP contribution in [0.25, 0.3) is 5.57 Å². The quantitative estimate of drug-likeness (QED) is 0.506. The predicted molar refractivity (Wildman–Crippen MR) is 133 cm³/mol. The largest absolute Gasteiger partial charge is 0.324 e.